The van der Waals surface area contributed by atoms with Crippen molar-refractivity contribution in [3.63, 3.8) is 0 Å². The molecule has 0 fully saturated rings. The Morgan fingerprint density at radius 1 is 0.780 bits per heavy atom. The number of hydrogen-bond donors (Lipinski definition) is 2. The molecule has 0 aliphatic rings. The van der Waals surface area contributed by atoms with Gasteiger partial charge >= 0.3 is 5.97 Å². The van der Waals surface area contributed by atoms with Gasteiger partial charge < -0.3 is 29.4 Å². The number of aromatic carboxylic acids is 1. The highest BCUT2D eigenvalue weighted by atomic mass is 35.5. The predicted molar refractivity (Wildman–Crippen MR) is 155 cm³/mol. The molecule has 0 saturated heterocycles. The first-order chi connectivity index (χ1) is 19.5. The van der Waals surface area contributed by atoms with Gasteiger partial charge in [-0.1, -0.05) is 52.5 Å². The van der Waals surface area contributed by atoms with Crippen LogP contribution in [0.5, 0.6) is 23.5 Å². The average Bonchev–Trinajstić information content (AvgIpc) is 2.96. The van der Waals surface area contributed by atoms with Crippen LogP contribution < -0.4 is 24.3 Å². The summed E-state index contributed by atoms with van der Waals surface area (Å²) in [6.45, 7) is 3.82. The topological polar surface area (TPSA) is 155 Å². The first-order valence-corrected chi connectivity index (χ1v) is 12.7. The van der Waals surface area contributed by atoms with Crippen LogP contribution in [0.3, 0.4) is 0 Å². The number of carboxylic acids is 1. The van der Waals surface area contributed by atoms with E-state index in [4.69, 9.17) is 65.4 Å². The molecule has 12 nitrogen and oxygen atoms in total. The molecule has 0 unspecified atom stereocenters. The maximum atomic E-state index is 12.3. The number of benzene rings is 2. The van der Waals surface area contributed by atoms with Gasteiger partial charge in [-0.25, -0.2) is 24.7 Å². The zero-order valence-electron chi connectivity index (χ0n) is 21.8. The fourth-order valence-corrected chi connectivity index (χ4v) is 4.25. The third-order valence-electron chi connectivity index (χ3n) is 5.20. The van der Waals surface area contributed by atoms with Crippen molar-refractivity contribution in [2.24, 2.45) is 0 Å². The number of ether oxygens (including phenoxy) is 4. The molecule has 4 aromatic rings. The smallest absolute Gasteiger partial charge is 0.339 e. The Balaban J connectivity index is 0.000000228. The van der Waals surface area contributed by atoms with E-state index in [1.807, 2.05) is 0 Å². The van der Waals surface area contributed by atoms with Crippen molar-refractivity contribution in [3.8, 4) is 23.5 Å². The van der Waals surface area contributed by atoms with Gasteiger partial charge in [0.1, 0.15) is 16.6 Å². The quantitative estimate of drug-likeness (QED) is 0.233. The summed E-state index contributed by atoms with van der Waals surface area (Å²) in [5.41, 5.74) is 0.880. The number of hydrogen-bond acceptors (Lipinski definition) is 10. The molecule has 2 N–H and O–H groups in total. The third-order valence-corrected chi connectivity index (χ3v) is 6.78. The minimum absolute atomic E-state index is 0.0656. The molecule has 0 saturated carbocycles. The number of carbonyl (C=O) groups excluding carboxylic acids is 1. The van der Waals surface area contributed by atoms with Crippen LogP contribution in [-0.2, 0) is 0 Å². The number of carboxylic acid groups (broad SMARTS) is 1. The van der Waals surface area contributed by atoms with Gasteiger partial charge in [0.25, 0.3) is 29.4 Å². The van der Waals surface area contributed by atoms with E-state index in [9.17, 15) is 14.7 Å². The lowest BCUT2D eigenvalue weighted by Crippen LogP contribution is -2.24. The van der Waals surface area contributed by atoms with Gasteiger partial charge in [0, 0.05) is 6.54 Å². The van der Waals surface area contributed by atoms with Crippen molar-refractivity contribution < 1.29 is 33.6 Å². The molecule has 216 valence electrons. The average molecular weight is 645 g/mol. The number of carbonyl (C=O) groups is 2. The van der Waals surface area contributed by atoms with Gasteiger partial charge in [-0.2, -0.15) is 0 Å². The van der Waals surface area contributed by atoms with Gasteiger partial charge in [-0.15, -0.1) is 6.58 Å². The minimum atomic E-state index is -1.25. The number of nitrogens with zero attached hydrogens (tertiary/aromatic N) is 4. The summed E-state index contributed by atoms with van der Waals surface area (Å²) in [4.78, 5) is 40.2. The molecule has 0 radical (unpaired) electrons. The van der Waals surface area contributed by atoms with Crippen LogP contribution in [0.2, 0.25) is 20.1 Å². The predicted octanol–water partition coefficient (Wildman–Crippen LogP) is 5.52. The van der Waals surface area contributed by atoms with Crippen molar-refractivity contribution in [1.29, 1.82) is 0 Å². The lowest BCUT2D eigenvalue weighted by atomic mass is 10.1. The molecule has 0 aliphatic carbocycles. The Kier molecular flexibility index (Phi) is 10.6. The second kappa shape index (κ2) is 13.7. The van der Waals surface area contributed by atoms with E-state index in [-0.39, 0.29) is 77.8 Å². The summed E-state index contributed by atoms with van der Waals surface area (Å²) in [7, 11) is 5.63. The van der Waals surface area contributed by atoms with Crippen LogP contribution in [0.25, 0.3) is 22.1 Å². The summed E-state index contributed by atoms with van der Waals surface area (Å²) in [5, 5.41) is 12.1. The van der Waals surface area contributed by atoms with E-state index in [2.05, 4.69) is 31.8 Å². The number of fused-ring (bicyclic) bond motifs is 2. The van der Waals surface area contributed by atoms with E-state index < -0.39 is 11.9 Å². The van der Waals surface area contributed by atoms with Crippen molar-refractivity contribution >= 4 is 80.3 Å². The first-order valence-electron chi connectivity index (χ1n) is 11.2. The summed E-state index contributed by atoms with van der Waals surface area (Å²) in [5.74, 6) is -1.16. The molecule has 1 amide bonds. The maximum absolute atomic E-state index is 12.3. The van der Waals surface area contributed by atoms with Crippen molar-refractivity contribution in [2.45, 2.75) is 0 Å². The largest absolute Gasteiger partial charge is 0.478 e. The first kappa shape index (κ1) is 31.7. The van der Waals surface area contributed by atoms with E-state index >= 15 is 0 Å². The van der Waals surface area contributed by atoms with Crippen LogP contribution >= 0.6 is 46.4 Å². The van der Waals surface area contributed by atoms with Crippen molar-refractivity contribution in [2.75, 3.05) is 35.0 Å². The van der Waals surface area contributed by atoms with Gasteiger partial charge in [-0.3, -0.25) is 4.79 Å². The molecule has 2 aromatic heterocycles. The molecular weight excluding hydrogens is 624 g/mol. The highest BCUT2D eigenvalue weighted by Gasteiger charge is 2.23. The molecule has 2 heterocycles. The monoisotopic (exact) mass is 643 g/mol. The summed E-state index contributed by atoms with van der Waals surface area (Å²) >= 11 is 24.0. The number of nitrogens with one attached hydrogen (secondary N) is 1. The Morgan fingerprint density at radius 2 is 1.17 bits per heavy atom. The maximum Gasteiger partial charge on any atom is 0.339 e. The normalized spacial score (nSPS) is 10.4. The fraction of sp³-hybridized carbons (Fsp3) is 0.200. The SMILES string of the molecule is C=CCNC(=O)c1c(Cl)c(Cl)cc2nc(OC)c(OC)nc12.COc1nc2cc(Cl)c(Cl)c(C(=O)O)c2nc1OC. The van der Waals surface area contributed by atoms with E-state index in [1.54, 1.807) is 6.08 Å². The molecule has 4 rings (SSSR count). The molecule has 16 heteroatoms. The summed E-state index contributed by atoms with van der Waals surface area (Å²) in [6.07, 6.45) is 1.55. The second-order valence-electron chi connectivity index (χ2n) is 7.62. The van der Waals surface area contributed by atoms with E-state index in [0.717, 1.165) is 0 Å². The van der Waals surface area contributed by atoms with E-state index in [0.29, 0.717) is 5.52 Å². The molecule has 0 spiro atoms. The van der Waals surface area contributed by atoms with Gasteiger partial charge in [0.05, 0.1) is 65.1 Å². The lowest BCUT2D eigenvalue weighted by molar-refractivity contribution is 0.0698. The number of rotatable bonds is 8. The standard InChI is InChI=1S/C14H13Cl2N3O3.C11H8Cl2N2O4/c1-4-5-17-12(20)9-10(16)7(15)6-8-11(9)19-14(22-3)13(18-8)21-2;1-18-9-10(19-2)15-8-5(14-9)3-4(12)7(13)6(8)11(16)17/h4,6H,1,5H2,2-3H3,(H,17,20);3H,1-2H3,(H,16,17). The number of aromatic nitrogens is 4. The second-order valence-corrected chi connectivity index (χ2v) is 9.19. The third kappa shape index (κ3) is 6.57. The van der Waals surface area contributed by atoms with Gasteiger partial charge in [0.15, 0.2) is 0 Å². The lowest BCUT2D eigenvalue weighted by Gasteiger charge is -2.12. The number of methoxy groups -OCH3 is 4. The highest BCUT2D eigenvalue weighted by molar-refractivity contribution is 6.45. The Bertz CT molecular complexity index is 1670. The fourth-order valence-electron chi connectivity index (χ4n) is 3.40. The highest BCUT2D eigenvalue weighted by Crippen LogP contribution is 2.36. The zero-order valence-corrected chi connectivity index (χ0v) is 24.9. The zero-order chi connectivity index (χ0) is 30.4. The van der Waals surface area contributed by atoms with Gasteiger partial charge in [-0.05, 0) is 12.1 Å². The van der Waals surface area contributed by atoms with Crippen LogP contribution in [0.15, 0.2) is 24.8 Å². The van der Waals surface area contributed by atoms with Crippen molar-refractivity contribution in [1.82, 2.24) is 25.3 Å². The minimum Gasteiger partial charge on any atom is -0.478 e. The van der Waals surface area contributed by atoms with E-state index in [1.165, 1.54) is 40.6 Å². The molecule has 0 bridgehead atoms. The van der Waals surface area contributed by atoms with Crippen LogP contribution in [0.1, 0.15) is 20.7 Å². The molecule has 41 heavy (non-hydrogen) atoms. The van der Waals surface area contributed by atoms with Gasteiger partial charge in [0.2, 0.25) is 0 Å². The molecular formula is C25H21Cl4N5O7. The van der Waals surface area contributed by atoms with Crippen LogP contribution in [-0.4, -0.2) is 71.9 Å². The molecule has 0 atom stereocenters. The summed E-state index contributed by atoms with van der Waals surface area (Å²) < 4.78 is 20.2. The molecule has 2 aromatic carbocycles. The summed E-state index contributed by atoms with van der Waals surface area (Å²) in [6, 6.07) is 2.93. The Morgan fingerprint density at radius 3 is 1.56 bits per heavy atom. The number of amides is 1. The van der Waals surface area contributed by atoms with Crippen molar-refractivity contribution in [3.05, 3.63) is 56.0 Å². The Hall–Kier alpha value is -3.84. The van der Waals surface area contributed by atoms with Crippen LogP contribution in [0.4, 0.5) is 0 Å². The number of halogens is 4. The Labute approximate surface area is 253 Å². The molecule has 0 aliphatic heterocycles. The van der Waals surface area contributed by atoms with Crippen LogP contribution in [0, 0.1) is 0 Å².